The van der Waals surface area contributed by atoms with Crippen molar-refractivity contribution in [2.45, 2.75) is 25.0 Å². The molecule has 1 amide bonds. The molecule has 3 heterocycles. The third-order valence-corrected chi connectivity index (χ3v) is 7.03. The van der Waals surface area contributed by atoms with Gasteiger partial charge in [0.05, 0.1) is 35.1 Å². The van der Waals surface area contributed by atoms with Crippen molar-refractivity contribution in [1.29, 1.82) is 0 Å². The van der Waals surface area contributed by atoms with Crippen molar-refractivity contribution in [3.05, 3.63) is 54.4 Å². The van der Waals surface area contributed by atoms with E-state index < -0.39 is 6.10 Å². The van der Waals surface area contributed by atoms with Crippen LogP contribution in [-0.4, -0.2) is 57.9 Å². The number of hydrogen-bond acceptors (Lipinski definition) is 5. The molecule has 2 aromatic carbocycles. The van der Waals surface area contributed by atoms with Gasteiger partial charge in [0.25, 0.3) is 5.91 Å². The zero-order valence-corrected chi connectivity index (χ0v) is 17.2. The van der Waals surface area contributed by atoms with Gasteiger partial charge < -0.3 is 24.0 Å². The van der Waals surface area contributed by atoms with Crippen LogP contribution in [0.2, 0.25) is 0 Å². The SMILES string of the molecule is O=C(c1cccc2c1OCCO2)N1C[C@H]2C[C@@H](n3cnc4ccccc43)[C@H](O)C[C@H]2C1. The Kier molecular flexibility index (Phi) is 4.38. The Morgan fingerprint density at radius 2 is 1.81 bits per heavy atom. The smallest absolute Gasteiger partial charge is 0.257 e. The average molecular weight is 419 g/mol. The molecule has 31 heavy (non-hydrogen) atoms. The summed E-state index contributed by atoms with van der Waals surface area (Å²) in [7, 11) is 0. The van der Waals surface area contributed by atoms with Gasteiger partial charge >= 0.3 is 0 Å². The summed E-state index contributed by atoms with van der Waals surface area (Å²) in [6, 6.07) is 13.5. The third kappa shape index (κ3) is 3.07. The van der Waals surface area contributed by atoms with E-state index in [-0.39, 0.29) is 11.9 Å². The number of benzene rings is 2. The Morgan fingerprint density at radius 3 is 2.71 bits per heavy atom. The lowest BCUT2D eigenvalue weighted by Gasteiger charge is -2.36. The first-order valence-electron chi connectivity index (χ1n) is 11.0. The Hall–Kier alpha value is -3.06. The molecule has 0 bridgehead atoms. The van der Waals surface area contributed by atoms with Crippen molar-refractivity contribution >= 4 is 16.9 Å². The number of aliphatic hydroxyl groups is 1. The van der Waals surface area contributed by atoms with E-state index in [4.69, 9.17) is 9.47 Å². The standard InChI is InChI=1S/C24H25N3O4/c28-21-11-16-13-26(24(29)17-4-3-7-22-23(17)31-9-8-30-22)12-15(16)10-20(21)27-14-25-18-5-1-2-6-19(18)27/h1-7,14-16,20-21,28H,8-13H2/t15-,16+,20-,21-/m1/s1. The predicted molar refractivity (Wildman–Crippen MR) is 114 cm³/mol. The summed E-state index contributed by atoms with van der Waals surface area (Å²) in [6.07, 6.45) is 2.92. The highest BCUT2D eigenvalue weighted by atomic mass is 16.6. The summed E-state index contributed by atoms with van der Waals surface area (Å²) < 4.78 is 13.5. The van der Waals surface area contributed by atoms with Crippen LogP contribution in [0.5, 0.6) is 11.5 Å². The zero-order valence-electron chi connectivity index (χ0n) is 17.2. The Balaban J connectivity index is 1.23. The normalized spacial score (nSPS) is 27.3. The van der Waals surface area contributed by atoms with Gasteiger partial charge in [-0.3, -0.25) is 4.79 Å². The lowest BCUT2D eigenvalue weighted by molar-refractivity contribution is 0.0374. The summed E-state index contributed by atoms with van der Waals surface area (Å²) in [5.74, 6) is 1.83. The minimum Gasteiger partial charge on any atom is -0.486 e. The molecule has 0 unspecified atom stereocenters. The van der Waals surface area contributed by atoms with Gasteiger partial charge in [-0.2, -0.15) is 0 Å². The fourth-order valence-corrected chi connectivity index (χ4v) is 5.53. The number of ether oxygens (including phenoxy) is 2. The highest BCUT2D eigenvalue weighted by molar-refractivity contribution is 5.98. The molecule has 3 aromatic rings. The predicted octanol–water partition coefficient (Wildman–Crippen LogP) is 2.89. The number of imidazole rings is 1. The molecule has 7 heteroatoms. The van der Waals surface area contributed by atoms with Gasteiger partial charge in [-0.15, -0.1) is 0 Å². The number of para-hydroxylation sites is 3. The van der Waals surface area contributed by atoms with Crippen LogP contribution in [0.3, 0.4) is 0 Å². The molecule has 3 aliphatic rings. The zero-order chi connectivity index (χ0) is 20.9. The molecule has 1 aromatic heterocycles. The molecule has 1 saturated carbocycles. The number of hydrogen-bond donors (Lipinski definition) is 1. The maximum Gasteiger partial charge on any atom is 0.257 e. The molecule has 7 nitrogen and oxygen atoms in total. The highest BCUT2D eigenvalue weighted by Crippen LogP contribution is 2.43. The van der Waals surface area contributed by atoms with Crippen molar-refractivity contribution in [2.24, 2.45) is 11.8 Å². The van der Waals surface area contributed by atoms with Gasteiger partial charge in [0.2, 0.25) is 0 Å². The van der Waals surface area contributed by atoms with Crippen LogP contribution in [0, 0.1) is 11.8 Å². The highest BCUT2D eigenvalue weighted by Gasteiger charge is 2.44. The summed E-state index contributed by atoms with van der Waals surface area (Å²) in [6.45, 7) is 2.32. The fourth-order valence-electron chi connectivity index (χ4n) is 5.53. The fraction of sp³-hybridized carbons (Fsp3) is 0.417. The first kappa shape index (κ1) is 18.7. The van der Waals surface area contributed by atoms with Crippen molar-refractivity contribution in [3.63, 3.8) is 0 Å². The molecule has 4 atom stereocenters. The molecule has 2 aliphatic heterocycles. The van der Waals surface area contributed by atoms with E-state index in [0.717, 1.165) is 17.5 Å². The second-order valence-electron chi connectivity index (χ2n) is 8.81. The second kappa shape index (κ2) is 7.27. The molecule has 0 radical (unpaired) electrons. The number of carbonyl (C=O) groups is 1. The molecule has 2 fully saturated rings. The van der Waals surface area contributed by atoms with E-state index in [9.17, 15) is 9.90 Å². The van der Waals surface area contributed by atoms with Gasteiger partial charge in [-0.25, -0.2) is 4.98 Å². The number of aliphatic hydroxyl groups excluding tert-OH is 1. The van der Waals surface area contributed by atoms with Crippen LogP contribution in [0.15, 0.2) is 48.8 Å². The number of aromatic nitrogens is 2. The van der Waals surface area contributed by atoms with Gasteiger partial charge in [0, 0.05) is 13.1 Å². The van der Waals surface area contributed by atoms with E-state index in [1.165, 1.54) is 0 Å². The molecule has 0 spiro atoms. The molecule has 160 valence electrons. The molecule has 1 N–H and O–H groups in total. The summed E-state index contributed by atoms with van der Waals surface area (Å²) in [4.78, 5) is 19.8. The first-order valence-corrected chi connectivity index (χ1v) is 11.0. The average Bonchev–Trinajstić information content (AvgIpc) is 3.41. The van der Waals surface area contributed by atoms with E-state index in [2.05, 4.69) is 9.55 Å². The van der Waals surface area contributed by atoms with Crippen LogP contribution in [0.4, 0.5) is 0 Å². The van der Waals surface area contributed by atoms with E-state index in [1.807, 2.05) is 53.7 Å². The number of fused-ring (bicyclic) bond motifs is 3. The van der Waals surface area contributed by atoms with Gasteiger partial charge in [-0.05, 0) is 48.9 Å². The maximum atomic E-state index is 13.3. The monoisotopic (exact) mass is 419 g/mol. The lowest BCUT2D eigenvalue weighted by atomic mass is 9.77. The number of rotatable bonds is 2. The molecular formula is C24H25N3O4. The van der Waals surface area contributed by atoms with Crippen molar-refractivity contribution in [1.82, 2.24) is 14.5 Å². The first-order chi connectivity index (χ1) is 15.2. The number of likely N-dealkylation sites (tertiary alicyclic amines) is 1. The summed E-state index contributed by atoms with van der Waals surface area (Å²) in [5, 5.41) is 11.0. The van der Waals surface area contributed by atoms with E-state index in [0.29, 0.717) is 61.6 Å². The van der Waals surface area contributed by atoms with E-state index >= 15 is 0 Å². The van der Waals surface area contributed by atoms with Crippen molar-refractivity contribution in [3.8, 4) is 11.5 Å². The van der Waals surface area contributed by atoms with Gasteiger partial charge in [0.1, 0.15) is 13.2 Å². The van der Waals surface area contributed by atoms with Crippen LogP contribution >= 0.6 is 0 Å². The van der Waals surface area contributed by atoms with Crippen molar-refractivity contribution < 1.29 is 19.4 Å². The quantitative estimate of drug-likeness (QED) is 0.691. The minimum absolute atomic E-state index is 0.0177. The van der Waals surface area contributed by atoms with Crippen LogP contribution < -0.4 is 9.47 Å². The van der Waals surface area contributed by atoms with Crippen LogP contribution in [-0.2, 0) is 0 Å². The van der Waals surface area contributed by atoms with Gasteiger partial charge in [-0.1, -0.05) is 18.2 Å². The summed E-state index contributed by atoms with van der Waals surface area (Å²) in [5.41, 5.74) is 2.55. The van der Waals surface area contributed by atoms with Crippen LogP contribution in [0.25, 0.3) is 11.0 Å². The number of amides is 1. The number of carbonyl (C=O) groups excluding carboxylic acids is 1. The Bertz CT molecular complexity index is 1140. The second-order valence-corrected chi connectivity index (χ2v) is 8.81. The van der Waals surface area contributed by atoms with Crippen LogP contribution in [0.1, 0.15) is 29.2 Å². The molecular weight excluding hydrogens is 394 g/mol. The number of nitrogens with zero attached hydrogens (tertiary/aromatic N) is 3. The topological polar surface area (TPSA) is 76.8 Å². The Morgan fingerprint density at radius 1 is 1.00 bits per heavy atom. The molecule has 1 saturated heterocycles. The molecule has 1 aliphatic carbocycles. The maximum absolute atomic E-state index is 13.3. The molecule has 6 rings (SSSR count). The third-order valence-electron chi connectivity index (χ3n) is 7.03. The van der Waals surface area contributed by atoms with Gasteiger partial charge in [0.15, 0.2) is 11.5 Å². The Labute approximate surface area is 180 Å². The summed E-state index contributed by atoms with van der Waals surface area (Å²) >= 11 is 0. The minimum atomic E-state index is -0.449. The lowest BCUT2D eigenvalue weighted by Crippen LogP contribution is -2.36. The largest absolute Gasteiger partial charge is 0.486 e. The van der Waals surface area contributed by atoms with E-state index in [1.54, 1.807) is 0 Å². The van der Waals surface area contributed by atoms with Crippen molar-refractivity contribution in [2.75, 3.05) is 26.3 Å².